The van der Waals surface area contributed by atoms with E-state index in [0.29, 0.717) is 34.7 Å². The summed E-state index contributed by atoms with van der Waals surface area (Å²) in [6, 6.07) is 5.53. The molecule has 2 heterocycles. The highest BCUT2D eigenvalue weighted by Crippen LogP contribution is 2.42. The third-order valence-corrected chi connectivity index (χ3v) is 3.75. The standard InChI is InChI=1S/C13H12N2O4S/c1-17-13(16)9-11(14)20-12(15-9)7-3-2-4-8-10(7)19-6-5-18-8/h2-4H,5-6,14H2,1H3. The molecule has 1 aliphatic heterocycles. The van der Waals surface area contributed by atoms with Gasteiger partial charge in [0.25, 0.3) is 0 Å². The lowest BCUT2D eigenvalue weighted by Crippen LogP contribution is -2.15. The molecule has 0 bridgehead atoms. The van der Waals surface area contributed by atoms with Crippen LogP contribution in [0.2, 0.25) is 0 Å². The third kappa shape index (κ3) is 2.05. The second-order valence-corrected chi connectivity index (χ2v) is 5.08. The Hall–Kier alpha value is -2.28. The number of aromatic nitrogens is 1. The number of esters is 1. The van der Waals surface area contributed by atoms with Gasteiger partial charge in [-0.2, -0.15) is 0 Å². The SMILES string of the molecule is COC(=O)c1nc(-c2cccc3c2OCCO3)sc1N. The fourth-order valence-electron chi connectivity index (χ4n) is 1.93. The minimum absolute atomic E-state index is 0.127. The zero-order chi connectivity index (χ0) is 14.1. The molecule has 0 saturated carbocycles. The normalized spacial score (nSPS) is 13.1. The summed E-state index contributed by atoms with van der Waals surface area (Å²) in [6.07, 6.45) is 0. The molecule has 1 aromatic carbocycles. The maximum Gasteiger partial charge on any atom is 0.359 e. The highest BCUT2D eigenvalue weighted by molar-refractivity contribution is 7.19. The Morgan fingerprint density at radius 3 is 3.00 bits per heavy atom. The average Bonchev–Trinajstić information content (AvgIpc) is 2.87. The van der Waals surface area contributed by atoms with E-state index < -0.39 is 5.97 Å². The molecule has 3 rings (SSSR count). The van der Waals surface area contributed by atoms with Gasteiger partial charge < -0.3 is 19.9 Å². The van der Waals surface area contributed by atoms with Crippen LogP contribution in [-0.4, -0.2) is 31.3 Å². The van der Waals surface area contributed by atoms with Crippen LogP contribution in [0.5, 0.6) is 11.5 Å². The van der Waals surface area contributed by atoms with Crippen LogP contribution in [0.25, 0.3) is 10.6 Å². The molecule has 7 heteroatoms. The highest BCUT2D eigenvalue weighted by Gasteiger charge is 2.22. The Morgan fingerprint density at radius 1 is 1.40 bits per heavy atom. The van der Waals surface area contributed by atoms with Gasteiger partial charge in [-0.3, -0.25) is 0 Å². The summed E-state index contributed by atoms with van der Waals surface area (Å²) in [6.45, 7) is 0.999. The minimum atomic E-state index is -0.549. The first-order valence-electron chi connectivity index (χ1n) is 5.94. The van der Waals surface area contributed by atoms with Gasteiger partial charge in [0.1, 0.15) is 23.2 Å². The molecule has 0 unspecified atom stereocenters. The number of thiazole rings is 1. The summed E-state index contributed by atoms with van der Waals surface area (Å²) in [5, 5.41) is 0.923. The maximum absolute atomic E-state index is 11.6. The number of nitrogens with zero attached hydrogens (tertiary/aromatic N) is 1. The van der Waals surface area contributed by atoms with Gasteiger partial charge in [-0.1, -0.05) is 17.4 Å². The van der Waals surface area contributed by atoms with Crippen LogP contribution in [0.15, 0.2) is 18.2 Å². The zero-order valence-electron chi connectivity index (χ0n) is 10.7. The molecule has 0 atom stereocenters. The molecular weight excluding hydrogens is 280 g/mol. The molecule has 2 aromatic rings. The van der Waals surface area contributed by atoms with Crippen molar-refractivity contribution in [3.63, 3.8) is 0 Å². The van der Waals surface area contributed by atoms with Crippen LogP contribution in [0, 0.1) is 0 Å². The lowest BCUT2D eigenvalue weighted by Gasteiger charge is -2.20. The van der Waals surface area contributed by atoms with Gasteiger partial charge >= 0.3 is 5.97 Å². The molecule has 0 aliphatic carbocycles. The predicted molar refractivity (Wildman–Crippen MR) is 74.3 cm³/mol. The smallest absolute Gasteiger partial charge is 0.359 e. The van der Waals surface area contributed by atoms with Crippen molar-refractivity contribution in [2.75, 3.05) is 26.1 Å². The number of benzene rings is 1. The summed E-state index contributed by atoms with van der Waals surface area (Å²) < 4.78 is 15.8. The van der Waals surface area contributed by atoms with Crippen LogP contribution in [0.3, 0.4) is 0 Å². The van der Waals surface area contributed by atoms with E-state index in [-0.39, 0.29) is 5.69 Å². The van der Waals surface area contributed by atoms with Crippen LogP contribution in [0.1, 0.15) is 10.5 Å². The first-order chi connectivity index (χ1) is 9.70. The van der Waals surface area contributed by atoms with Crippen molar-refractivity contribution in [2.45, 2.75) is 0 Å². The van der Waals surface area contributed by atoms with Crippen molar-refractivity contribution in [1.29, 1.82) is 0 Å². The number of hydrogen-bond acceptors (Lipinski definition) is 7. The molecule has 20 heavy (non-hydrogen) atoms. The lowest BCUT2D eigenvalue weighted by atomic mass is 10.2. The molecule has 6 nitrogen and oxygen atoms in total. The molecule has 0 fully saturated rings. The van der Waals surface area contributed by atoms with Crippen molar-refractivity contribution >= 4 is 22.3 Å². The van der Waals surface area contributed by atoms with Gasteiger partial charge in [-0.25, -0.2) is 9.78 Å². The number of para-hydroxylation sites is 1. The van der Waals surface area contributed by atoms with Crippen molar-refractivity contribution in [2.24, 2.45) is 0 Å². The minimum Gasteiger partial charge on any atom is -0.486 e. The van der Waals surface area contributed by atoms with E-state index in [0.717, 1.165) is 5.56 Å². The summed E-state index contributed by atoms with van der Waals surface area (Å²) in [5.41, 5.74) is 6.70. The van der Waals surface area contributed by atoms with Crippen molar-refractivity contribution in [3.8, 4) is 22.1 Å². The first-order valence-corrected chi connectivity index (χ1v) is 6.76. The molecule has 1 aliphatic rings. The van der Waals surface area contributed by atoms with Gasteiger partial charge in [-0.05, 0) is 12.1 Å². The first kappa shape index (κ1) is 12.7. The molecule has 0 amide bonds. The number of anilines is 1. The van der Waals surface area contributed by atoms with Crippen LogP contribution in [0.4, 0.5) is 5.00 Å². The van der Waals surface area contributed by atoms with E-state index in [1.165, 1.54) is 18.4 Å². The fourth-order valence-corrected chi connectivity index (χ4v) is 2.77. The fraction of sp³-hybridized carbons (Fsp3) is 0.231. The van der Waals surface area contributed by atoms with Gasteiger partial charge in [0, 0.05) is 0 Å². The predicted octanol–water partition coefficient (Wildman–Crippen LogP) is 1.95. The second kappa shape index (κ2) is 5.01. The van der Waals surface area contributed by atoms with Crippen molar-refractivity contribution in [3.05, 3.63) is 23.9 Å². The molecule has 2 N–H and O–H groups in total. The molecule has 1 aromatic heterocycles. The number of carbonyl (C=O) groups is 1. The Bertz CT molecular complexity index is 668. The number of hydrogen-bond donors (Lipinski definition) is 1. The number of nitrogens with two attached hydrogens (primary N) is 1. The van der Waals surface area contributed by atoms with Crippen molar-refractivity contribution in [1.82, 2.24) is 4.98 Å². The number of fused-ring (bicyclic) bond motifs is 1. The lowest BCUT2D eigenvalue weighted by molar-refractivity contribution is 0.0596. The van der Waals surface area contributed by atoms with E-state index in [4.69, 9.17) is 15.2 Å². The van der Waals surface area contributed by atoms with E-state index in [9.17, 15) is 4.79 Å². The van der Waals surface area contributed by atoms with E-state index >= 15 is 0 Å². The summed E-state index contributed by atoms with van der Waals surface area (Å²) in [4.78, 5) is 15.8. The van der Waals surface area contributed by atoms with Gasteiger partial charge in [0.2, 0.25) is 0 Å². The molecule has 0 saturated heterocycles. The van der Waals surface area contributed by atoms with Crippen molar-refractivity contribution < 1.29 is 19.0 Å². The van der Waals surface area contributed by atoms with Crippen LogP contribution in [-0.2, 0) is 4.74 Å². The van der Waals surface area contributed by atoms with Crippen LogP contribution < -0.4 is 15.2 Å². The monoisotopic (exact) mass is 292 g/mol. The Kier molecular flexibility index (Phi) is 3.19. The molecule has 0 spiro atoms. The number of rotatable bonds is 2. The highest BCUT2D eigenvalue weighted by atomic mass is 32.1. The Balaban J connectivity index is 2.08. The third-order valence-electron chi connectivity index (χ3n) is 2.83. The largest absolute Gasteiger partial charge is 0.486 e. The molecule has 0 radical (unpaired) electrons. The molecule has 104 valence electrons. The van der Waals surface area contributed by atoms with E-state index in [1.54, 1.807) is 0 Å². The number of nitrogen functional groups attached to an aromatic ring is 1. The topological polar surface area (TPSA) is 83.7 Å². The summed E-state index contributed by atoms with van der Waals surface area (Å²) >= 11 is 1.21. The van der Waals surface area contributed by atoms with Gasteiger partial charge in [0.05, 0.1) is 12.7 Å². The average molecular weight is 292 g/mol. The Morgan fingerprint density at radius 2 is 2.20 bits per heavy atom. The van der Waals surface area contributed by atoms with E-state index in [2.05, 4.69) is 9.72 Å². The number of carbonyl (C=O) groups excluding carboxylic acids is 1. The van der Waals surface area contributed by atoms with Gasteiger partial charge in [0.15, 0.2) is 17.2 Å². The molecular formula is C13H12N2O4S. The van der Waals surface area contributed by atoms with E-state index in [1.807, 2.05) is 18.2 Å². The van der Waals surface area contributed by atoms with Gasteiger partial charge in [-0.15, -0.1) is 0 Å². The second-order valence-electron chi connectivity index (χ2n) is 4.05. The quantitative estimate of drug-likeness (QED) is 0.852. The summed E-state index contributed by atoms with van der Waals surface area (Å²) in [5.74, 6) is 0.748. The van der Waals surface area contributed by atoms with Crippen LogP contribution >= 0.6 is 11.3 Å². The summed E-state index contributed by atoms with van der Waals surface area (Å²) in [7, 11) is 1.29. The number of methoxy groups -OCH3 is 1. The Labute approximate surface area is 119 Å². The number of ether oxygens (including phenoxy) is 3. The zero-order valence-corrected chi connectivity index (χ0v) is 11.5. The maximum atomic E-state index is 11.6.